The molecule has 2 aromatic rings. The maximum atomic E-state index is 12.5. The van der Waals surface area contributed by atoms with Gasteiger partial charge in [0.25, 0.3) is 0 Å². The van der Waals surface area contributed by atoms with Crippen molar-refractivity contribution in [2.75, 3.05) is 17.3 Å². The molecule has 3 aliphatic carbocycles. The summed E-state index contributed by atoms with van der Waals surface area (Å²) in [5.74, 6) is 1.68. The zero-order valence-electron chi connectivity index (χ0n) is 16.8. The van der Waals surface area contributed by atoms with Gasteiger partial charge < -0.3 is 11.1 Å². The van der Waals surface area contributed by atoms with Crippen molar-refractivity contribution in [2.45, 2.75) is 68.9 Å². The van der Waals surface area contributed by atoms with Crippen LogP contribution < -0.4 is 11.1 Å². The fraction of sp³-hybridized carbons (Fsp3) is 0.700. The predicted molar refractivity (Wildman–Crippen MR) is 119 cm³/mol. The van der Waals surface area contributed by atoms with Gasteiger partial charge in [0, 0.05) is 44.8 Å². The van der Waals surface area contributed by atoms with E-state index in [2.05, 4.69) is 26.3 Å². The second-order valence-electron chi connectivity index (χ2n) is 9.37. The largest absolute Gasteiger partial charge is 0.367 e. The Morgan fingerprint density at radius 3 is 2.83 bits per heavy atom. The molecule has 0 bridgehead atoms. The number of rotatable bonds is 4. The quantitative estimate of drug-likeness (QED) is 0.620. The van der Waals surface area contributed by atoms with Crippen molar-refractivity contribution in [3.8, 4) is 0 Å². The van der Waals surface area contributed by atoms with Crippen LogP contribution in [0.3, 0.4) is 0 Å². The van der Waals surface area contributed by atoms with Crippen molar-refractivity contribution in [3.05, 3.63) is 21.9 Å². The number of fused-ring (bicyclic) bond motifs is 3. The van der Waals surface area contributed by atoms with Gasteiger partial charge in [-0.25, -0.2) is 4.98 Å². The molecule has 29 heavy (non-hydrogen) atoms. The van der Waals surface area contributed by atoms with Crippen molar-refractivity contribution in [1.29, 1.82) is 4.78 Å². The average molecular weight is 481 g/mol. The standard InChI is InChI=1S/C20H29BrN6OS/c1-29(23,28)11-12-8-15-17(20(12)6-2-3-7-20)26-19-16(21)10-24-27(19)18(15)25-14-5-4-13(22)9-14/h10,12-14,23,25H,2-9,11,22H2,1H3/t12?,13-,14-,29?/m0/s1. The Hall–Kier alpha value is -1.19. The molecule has 3 aliphatic rings. The second-order valence-corrected chi connectivity index (χ2v) is 12.6. The van der Waals surface area contributed by atoms with Crippen LogP contribution in [0, 0.1) is 10.7 Å². The number of nitrogens with zero attached hydrogens (tertiary/aromatic N) is 3. The van der Waals surface area contributed by atoms with Crippen molar-refractivity contribution < 1.29 is 4.21 Å². The zero-order chi connectivity index (χ0) is 20.4. The molecule has 2 unspecified atom stereocenters. The number of anilines is 1. The minimum absolute atomic E-state index is 0.0526. The summed E-state index contributed by atoms with van der Waals surface area (Å²) in [6.45, 7) is 0. The Balaban J connectivity index is 1.66. The molecule has 0 aromatic carbocycles. The van der Waals surface area contributed by atoms with Crippen LogP contribution in [0.1, 0.15) is 56.2 Å². The molecule has 158 valence electrons. The monoisotopic (exact) mass is 480 g/mol. The van der Waals surface area contributed by atoms with Crippen molar-refractivity contribution in [1.82, 2.24) is 14.6 Å². The fourth-order valence-corrected chi connectivity index (χ4v) is 7.54. The Bertz CT molecular complexity index is 1060. The number of hydrogen-bond acceptors (Lipinski definition) is 6. The summed E-state index contributed by atoms with van der Waals surface area (Å²) in [7, 11) is -2.57. The van der Waals surface area contributed by atoms with Gasteiger partial charge in [0.15, 0.2) is 5.65 Å². The third kappa shape index (κ3) is 3.29. The van der Waals surface area contributed by atoms with Gasteiger partial charge in [-0.15, -0.1) is 0 Å². The Morgan fingerprint density at radius 2 is 2.17 bits per heavy atom. The molecular formula is C20H29BrN6OS. The summed E-state index contributed by atoms with van der Waals surface area (Å²) in [6, 6.07) is 0.595. The molecule has 1 spiro atoms. The average Bonchev–Trinajstić information content (AvgIpc) is 3.40. The highest BCUT2D eigenvalue weighted by molar-refractivity contribution is 9.10. The lowest BCUT2D eigenvalue weighted by Gasteiger charge is -2.31. The number of nitrogens with two attached hydrogens (primary N) is 1. The molecule has 7 nitrogen and oxygen atoms in total. The van der Waals surface area contributed by atoms with Crippen LogP contribution in [-0.4, -0.2) is 42.9 Å². The van der Waals surface area contributed by atoms with Gasteiger partial charge in [-0.3, -0.25) is 8.99 Å². The van der Waals surface area contributed by atoms with E-state index in [-0.39, 0.29) is 17.4 Å². The van der Waals surface area contributed by atoms with Crippen LogP contribution in [-0.2, 0) is 21.6 Å². The first-order valence-electron chi connectivity index (χ1n) is 10.6. The van der Waals surface area contributed by atoms with Crippen LogP contribution in [0.2, 0.25) is 0 Å². The molecule has 2 fully saturated rings. The maximum Gasteiger partial charge on any atom is 0.171 e. The van der Waals surface area contributed by atoms with E-state index in [4.69, 9.17) is 15.5 Å². The summed E-state index contributed by atoms with van der Waals surface area (Å²) < 4.78 is 23.4. The Labute approximate surface area is 180 Å². The minimum atomic E-state index is -2.57. The van der Waals surface area contributed by atoms with E-state index in [0.29, 0.717) is 11.8 Å². The topological polar surface area (TPSA) is 109 Å². The van der Waals surface area contributed by atoms with E-state index < -0.39 is 9.73 Å². The molecule has 2 saturated carbocycles. The summed E-state index contributed by atoms with van der Waals surface area (Å²) in [6.07, 6.45) is 11.8. The molecule has 0 amide bonds. The molecule has 5 rings (SSSR count). The van der Waals surface area contributed by atoms with E-state index in [1.165, 1.54) is 18.4 Å². The third-order valence-electron chi connectivity index (χ3n) is 7.23. The summed E-state index contributed by atoms with van der Waals surface area (Å²) in [4.78, 5) is 5.12. The number of hydrogen-bond donors (Lipinski definition) is 3. The SMILES string of the molecule is CS(=N)(=O)CC1Cc2c(nc3c(Br)cnn3c2N[C@H]2CC[C@H](N)C2)C12CCCC2. The minimum Gasteiger partial charge on any atom is -0.367 e. The van der Waals surface area contributed by atoms with Gasteiger partial charge in [0.05, 0.1) is 16.4 Å². The number of aromatic nitrogens is 3. The van der Waals surface area contributed by atoms with Crippen molar-refractivity contribution in [2.24, 2.45) is 11.7 Å². The molecule has 2 heterocycles. The molecule has 0 radical (unpaired) electrons. The molecule has 9 heteroatoms. The van der Waals surface area contributed by atoms with Gasteiger partial charge in [-0.2, -0.15) is 9.61 Å². The first-order chi connectivity index (χ1) is 13.8. The van der Waals surface area contributed by atoms with Crippen LogP contribution in [0.5, 0.6) is 0 Å². The van der Waals surface area contributed by atoms with Crippen molar-refractivity contribution >= 4 is 37.1 Å². The summed E-state index contributed by atoms with van der Waals surface area (Å²) >= 11 is 3.62. The van der Waals surface area contributed by atoms with Gasteiger partial charge in [-0.1, -0.05) is 12.8 Å². The smallest absolute Gasteiger partial charge is 0.171 e. The normalized spacial score (nSPS) is 30.1. The molecule has 4 atom stereocenters. The van der Waals surface area contributed by atoms with Crippen LogP contribution in [0.4, 0.5) is 5.82 Å². The third-order valence-corrected chi connectivity index (χ3v) is 8.83. The summed E-state index contributed by atoms with van der Waals surface area (Å²) in [5.41, 5.74) is 9.31. The molecule has 2 aromatic heterocycles. The first-order valence-corrected chi connectivity index (χ1v) is 13.5. The maximum absolute atomic E-state index is 12.5. The second kappa shape index (κ2) is 6.92. The predicted octanol–water partition coefficient (Wildman–Crippen LogP) is 3.44. The highest BCUT2D eigenvalue weighted by Gasteiger charge is 2.51. The van der Waals surface area contributed by atoms with E-state index in [0.717, 1.165) is 60.2 Å². The van der Waals surface area contributed by atoms with Crippen LogP contribution in [0.15, 0.2) is 10.7 Å². The highest BCUT2D eigenvalue weighted by Crippen LogP contribution is 2.55. The molecular weight excluding hydrogens is 452 g/mol. The molecule has 0 aliphatic heterocycles. The van der Waals surface area contributed by atoms with E-state index in [1.54, 1.807) is 6.26 Å². The van der Waals surface area contributed by atoms with Crippen LogP contribution >= 0.6 is 15.9 Å². The van der Waals surface area contributed by atoms with Gasteiger partial charge in [-0.05, 0) is 60.4 Å². The first kappa shape index (κ1) is 19.8. The van der Waals surface area contributed by atoms with E-state index in [9.17, 15) is 4.21 Å². The van der Waals surface area contributed by atoms with Gasteiger partial charge in [0.2, 0.25) is 0 Å². The lowest BCUT2D eigenvalue weighted by atomic mass is 9.76. The highest BCUT2D eigenvalue weighted by atomic mass is 79.9. The number of nitrogens with one attached hydrogen (secondary N) is 2. The Kier molecular flexibility index (Phi) is 4.71. The summed E-state index contributed by atoms with van der Waals surface area (Å²) in [5, 5.41) is 8.35. The van der Waals surface area contributed by atoms with Crippen molar-refractivity contribution in [3.63, 3.8) is 0 Å². The van der Waals surface area contributed by atoms with Crippen LogP contribution in [0.25, 0.3) is 5.65 Å². The molecule has 4 N–H and O–H groups in total. The Morgan fingerprint density at radius 1 is 1.41 bits per heavy atom. The fourth-order valence-electron chi connectivity index (χ4n) is 5.98. The van der Waals surface area contributed by atoms with E-state index >= 15 is 0 Å². The number of halogens is 1. The van der Waals surface area contributed by atoms with Gasteiger partial charge >= 0.3 is 0 Å². The molecule has 0 saturated heterocycles. The lowest BCUT2D eigenvalue weighted by molar-refractivity contribution is 0.319. The lowest BCUT2D eigenvalue weighted by Crippen LogP contribution is -2.33. The zero-order valence-corrected chi connectivity index (χ0v) is 19.2. The van der Waals surface area contributed by atoms with Gasteiger partial charge in [0.1, 0.15) is 5.82 Å². The van der Waals surface area contributed by atoms with E-state index in [1.807, 2.05) is 10.7 Å².